The van der Waals surface area contributed by atoms with Crippen LogP contribution < -0.4 is 9.80 Å². The van der Waals surface area contributed by atoms with E-state index in [9.17, 15) is 0 Å². The Hall–Kier alpha value is -13.9. The molecule has 0 radical (unpaired) electrons. The smallest absolute Gasteiger partial charge is 0.143 e. The maximum atomic E-state index is 6.61. The Bertz CT molecular complexity index is 6430. The maximum Gasteiger partial charge on any atom is 0.143 e. The predicted molar refractivity (Wildman–Crippen MR) is 457 cm³/mol. The van der Waals surface area contributed by atoms with E-state index in [1.54, 1.807) is 0 Å². The first-order chi connectivity index (χ1) is 54.3. The monoisotopic (exact) mass is 1400 g/mol. The minimum absolute atomic E-state index is 0.330. The van der Waals surface area contributed by atoms with Crippen LogP contribution in [0.3, 0.4) is 0 Å². The summed E-state index contributed by atoms with van der Waals surface area (Å²) in [6, 6.07) is 153. The van der Waals surface area contributed by atoms with Crippen LogP contribution in [-0.2, 0) is 16.2 Å². The second kappa shape index (κ2) is 25.7. The van der Waals surface area contributed by atoms with Gasteiger partial charge in [0.15, 0.2) is 0 Å². The summed E-state index contributed by atoms with van der Waals surface area (Å²) < 4.78 is 6.61. The Morgan fingerprint density at radius 2 is 0.609 bits per heavy atom. The number of nitrogens with zero attached hydrogens (tertiary/aromatic N) is 2. The molecule has 2 heterocycles. The number of rotatable bonds is 13. The second-order valence-electron chi connectivity index (χ2n) is 30.1. The fourth-order valence-electron chi connectivity index (χ4n) is 19.0. The fraction of sp³-hybridized carbons (Fsp3) is 0.0467. The summed E-state index contributed by atoms with van der Waals surface area (Å²) in [4.78, 5) is 5.04. The van der Waals surface area contributed by atoms with E-state index in [0.717, 1.165) is 78.1 Å². The number of hydrogen-bond acceptors (Lipinski definition) is 3. The number of para-hydroxylation sites is 2. The molecule has 0 saturated carbocycles. The summed E-state index contributed by atoms with van der Waals surface area (Å²) in [5.41, 5.74) is 36.1. The number of anilines is 6. The largest absolute Gasteiger partial charge is 0.455 e. The van der Waals surface area contributed by atoms with Crippen molar-refractivity contribution >= 4 is 56.1 Å². The zero-order valence-corrected chi connectivity index (χ0v) is 61.1. The Labute approximate surface area is 642 Å². The molecule has 3 nitrogen and oxygen atoms in total. The SMILES string of the molecule is CC1(C)c2cc(-c3ccccc3)ccc2N(c2cccc3c2-c2ccccc2C3(c2ccccc2)c2ccc(-c3ccc(-c4ccc(N(c5ccc(-c6cccc7c6oc6ccccc67)cc5)c5cccc6c5-c5ccccc5C6(c5ccccc5)c5ccccc5)cc4)cc3)cc2)c2ccc(-c3ccccc3)cc21. The molecule has 0 fully saturated rings. The van der Waals surface area contributed by atoms with E-state index in [1.165, 1.54) is 112 Å². The first-order valence-electron chi connectivity index (χ1n) is 38.3. The summed E-state index contributed by atoms with van der Waals surface area (Å²) in [6.07, 6.45) is 0. The van der Waals surface area contributed by atoms with Crippen LogP contribution in [0, 0.1) is 0 Å². The lowest BCUT2D eigenvalue weighted by Gasteiger charge is -2.43. The van der Waals surface area contributed by atoms with Crippen molar-refractivity contribution in [2.75, 3.05) is 9.80 Å². The van der Waals surface area contributed by atoms with Gasteiger partial charge in [0.2, 0.25) is 0 Å². The highest BCUT2D eigenvalue weighted by molar-refractivity contribution is 6.10. The molecule has 21 rings (SSSR count). The van der Waals surface area contributed by atoms with E-state index in [2.05, 4.69) is 430 Å². The van der Waals surface area contributed by atoms with Gasteiger partial charge < -0.3 is 14.2 Å². The average molecular weight is 1400 g/mol. The number of benzene rings is 17. The highest BCUT2D eigenvalue weighted by atomic mass is 16.3. The Kier molecular flexibility index (Phi) is 15.1. The Morgan fingerprint density at radius 3 is 1.14 bits per heavy atom. The van der Waals surface area contributed by atoms with Gasteiger partial charge in [-0.1, -0.05) is 360 Å². The molecule has 2 aliphatic carbocycles. The molecule has 0 saturated heterocycles. The Balaban J connectivity index is 0.650. The van der Waals surface area contributed by atoms with Crippen molar-refractivity contribution in [2.45, 2.75) is 30.1 Å². The van der Waals surface area contributed by atoms with Gasteiger partial charge in [0.1, 0.15) is 11.2 Å². The van der Waals surface area contributed by atoms with Gasteiger partial charge in [-0.2, -0.15) is 0 Å². The maximum absolute atomic E-state index is 6.61. The molecule has 1 aliphatic heterocycles. The summed E-state index contributed by atoms with van der Waals surface area (Å²) >= 11 is 0. The van der Waals surface area contributed by atoms with Crippen molar-refractivity contribution in [3.8, 4) is 77.9 Å². The molecule has 18 aromatic rings. The quantitative estimate of drug-likeness (QED) is 0.115. The third-order valence-corrected chi connectivity index (χ3v) is 24.1. The number of furan rings is 1. The van der Waals surface area contributed by atoms with E-state index in [1.807, 2.05) is 6.07 Å². The van der Waals surface area contributed by atoms with Crippen LogP contribution >= 0.6 is 0 Å². The van der Waals surface area contributed by atoms with Crippen molar-refractivity contribution in [1.29, 1.82) is 0 Å². The molecular weight excluding hydrogens is 1330 g/mol. The number of fused-ring (bicyclic) bond motifs is 11. The van der Waals surface area contributed by atoms with Crippen LogP contribution in [0.15, 0.2) is 417 Å². The number of hydrogen-bond donors (Lipinski definition) is 0. The van der Waals surface area contributed by atoms with Crippen LogP contribution in [0.25, 0.3) is 99.8 Å². The Morgan fingerprint density at radius 1 is 0.245 bits per heavy atom. The molecule has 110 heavy (non-hydrogen) atoms. The van der Waals surface area contributed by atoms with Crippen LogP contribution in [-0.4, -0.2) is 0 Å². The molecule has 0 amide bonds. The third kappa shape index (κ3) is 9.91. The van der Waals surface area contributed by atoms with Crippen LogP contribution in [0.2, 0.25) is 0 Å². The molecular formula is C107H74N2O. The molecule has 0 spiro atoms. The molecule has 17 aromatic carbocycles. The summed E-state index contributed by atoms with van der Waals surface area (Å²) in [5.74, 6) is 0. The van der Waals surface area contributed by atoms with E-state index in [-0.39, 0.29) is 5.41 Å². The lowest BCUT2D eigenvalue weighted by Crippen LogP contribution is -2.31. The van der Waals surface area contributed by atoms with E-state index in [4.69, 9.17) is 4.42 Å². The fourth-order valence-corrected chi connectivity index (χ4v) is 19.0. The van der Waals surface area contributed by atoms with Crippen LogP contribution in [0.5, 0.6) is 0 Å². The lowest BCUT2D eigenvalue weighted by atomic mass is 9.67. The normalized spacial score (nSPS) is 14.6. The van der Waals surface area contributed by atoms with Gasteiger partial charge in [-0.15, -0.1) is 0 Å². The van der Waals surface area contributed by atoms with Gasteiger partial charge >= 0.3 is 0 Å². The van der Waals surface area contributed by atoms with Gasteiger partial charge in [0, 0.05) is 44.3 Å². The average Bonchev–Trinajstić information content (AvgIpc) is 1.56. The van der Waals surface area contributed by atoms with Gasteiger partial charge in [0.05, 0.1) is 33.6 Å². The second-order valence-corrected chi connectivity index (χ2v) is 30.1. The summed E-state index contributed by atoms with van der Waals surface area (Å²) in [7, 11) is 0. The van der Waals surface area contributed by atoms with Crippen molar-refractivity contribution in [2.24, 2.45) is 0 Å². The molecule has 0 N–H and O–H groups in total. The van der Waals surface area contributed by atoms with Crippen LogP contribution in [0.4, 0.5) is 34.1 Å². The molecule has 1 unspecified atom stereocenters. The summed E-state index contributed by atoms with van der Waals surface area (Å²) in [6.45, 7) is 4.82. The van der Waals surface area contributed by atoms with Crippen molar-refractivity contribution in [3.63, 3.8) is 0 Å². The van der Waals surface area contributed by atoms with Crippen molar-refractivity contribution < 1.29 is 4.42 Å². The highest BCUT2D eigenvalue weighted by Crippen LogP contribution is 2.64. The molecule has 1 atom stereocenters. The standard InChI is InChI=1S/C107H74N2O/c1-105(2)95-69-78(71-27-8-3-9-28-71)59-67-97(95)109(98-68-60-79(70-96(98)105)72-29-10-4-11-30-72)100-47-26-45-94-103(100)90-39-19-22-43-92(90)107(94,82-35-16-7-17-36-82)83-61-53-75(54-62-83)73-49-51-74(52-50-73)76-55-63-84(64-56-76)108(85-65-57-77(58-66-85)86-40-24-41-88-87-37-20-23-48-101(87)110-104(86)88)99-46-25-44-93-102(99)89-38-18-21-42-91(89)106(93,80-31-12-5-13-32-80)81-33-14-6-15-34-81/h3-70H,1-2H3. The molecule has 3 aliphatic rings. The molecule has 3 heteroatoms. The first-order valence-corrected chi connectivity index (χ1v) is 38.3. The van der Waals surface area contributed by atoms with Crippen LogP contribution in [0.1, 0.15) is 69.5 Å². The van der Waals surface area contributed by atoms with Gasteiger partial charge in [-0.25, -0.2) is 0 Å². The van der Waals surface area contributed by atoms with Crippen molar-refractivity contribution in [3.05, 3.63) is 468 Å². The predicted octanol–water partition coefficient (Wildman–Crippen LogP) is 28.2. The van der Waals surface area contributed by atoms with E-state index >= 15 is 0 Å². The lowest BCUT2D eigenvalue weighted by molar-refractivity contribution is 0.632. The molecule has 1 aromatic heterocycles. The first kappa shape index (κ1) is 64.5. The van der Waals surface area contributed by atoms with Gasteiger partial charge in [-0.05, 0) is 184 Å². The summed E-state index contributed by atoms with van der Waals surface area (Å²) in [5, 5.41) is 2.24. The van der Waals surface area contributed by atoms with E-state index < -0.39 is 10.8 Å². The molecule has 0 bridgehead atoms. The molecule has 518 valence electrons. The topological polar surface area (TPSA) is 19.6 Å². The zero-order valence-electron chi connectivity index (χ0n) is 61.1. The van der Waals surface area contributed by atoms with Crippen molar-refractivity contribution in [1.82, 2.24) is 0 Å². The minimum Gasteiger partial charge on any atom is -0.455 e. The van der Waals surface area contributed by atoms with E-state index in [0.29, 0.717) is 0 Å². The highest BCUT2D eigenvalue weighted by Gasteiger charge is 2.50. The zero-order chi connectivity index (χ0) is 73.1. The van der Waals surface area contributed by atoms with Gasteiger partial charge in [-0.3, -0.25) is 0 Å². The third-order valence-electron chi connectivity index (χ3n) is 24.1. The van der Waals surface area contributed by atoms with Gasteiger partial charge in [0.25, 0.3) is 0 Å². The minimum atomic E-state index is -0.642.